The van der Waals surface area contributed by atoms with E-state index < -0.39 is 10.0 Å². The molecule has 1 aromatic carbocycles. The standard InChI is InChI=1S/C20H24N4O3S2/c1-14-19(15(2)22(3)21-14)29(26,27)24-10-6-9-23(11-12-24)20(25)18-13-16-7-4-5-8-17(16)28-18/h4-5,7-8,13H,6,9-12H2,1-3H3. The Bertz CT molecular complexity index is 1150. The molecule has 2 aromatic heterocycles. The van der Waals surface area contributed by atoms with Crippen LogP contribution >= 0.6 is 11.3 Å². The summed E-state index contributed by atoms with van der Waals surface area (Å²) in [5, 5.41) is 5.30. The van der Waals surface area contributed by atoms with Crippen LogP contribution in [0.4, 0.5) is 0 Å². The quantitative estimate of drug-likeness (QED) is 0.638. The van der Waals surface area contributed by atoms with Gasteiger partial charge < -0.3 is 4.90 Å². The van der Waals surface area contributed by atoms with Crippen LogP contribution in [0.3, 0.4) is 0 Å². The average Bonchev–Trinajstić information content (AvgIpc) is 3.10. The zero-order chi connectivity index (χ0) is 20.8. The number of aromatic nitrogens is 2. The number of amides is 1. The second kappa shape index (κ2) is 7.55. The largest absolute Gasteiger partial charge is 0.337 e. The summed E-state index contributed by atoms with van der Waals surface area (Å²) in [6, 6.07) is 9.85. The van der Waals surface area contributed by atoms with Gasteiger partial charge in [0.25, 0.3) is 5.91 Å². The molecule has 1 aliphatic heterocycles. The van der Waals surface area contributed by atoms with Crippen molar-refractivity contribution in [1.82, 2.24) is 19.0 Å². The van der Waals surface area contributed by atoms with E-state index in [1.165, 1.54) is 15.6 Å². The van der Waals surface area contributed by atoms with Gasteiger partial charge in [-0.2, -0.15) is 9.40 Å². The van der Waals surface area contributed by atoms with Crippen LogP contribution in [0.15, 0.2) is 35.2 Å². The second-order valence-corrected chi connectivity index (χ2v) is 10.3. The van der Waals surface area contributed by atoms with Crippen LogP contribution in [0.1, 0.15) is 27.5 Å². The third-order valence-corrected chi connectivity index (χ3v) is 8.67. The molecule has 1 fully saturated rings. The van der Waals surface area contributed by atoms with Crippen LogP contribution in [0.25, 0.3) is 10.1 Å². The van der Waals surface area contributed by atoms with Gasteiger partial charge in [-0.15, -0.1) is 11.3 Å². The van der Waals surface area contributed by atoms with Gasteiger partial charge in [0, 0.05) is 37.9 Å². The summed E-state index contributed by atoms with van der Waals surface area (Å²) in [5.74, 6) is -0.0285. The predicted octanol–water partition coefficient (Wildman–Crippen LogP) is 2.79. The van der Waals surface area contributed by atoms with E-state index in [1.54, 1.807) is 30.5 Å². The molecule has 0 unspecified atom stereocenters. The normalized spacial score (nSPS) is 16.3. The van der Waals surface area contributed by atoms with Gasteiger partial charge in [0.1, 0.15) is 4.90 Å². The van der Waals surface area contributed by atoms with Crippen molar-refractivity contribution in [2.24, 2.45) is 7.05 Å². The van der Waals surface area contributed by atoms with Gasteiger partial charge in [0.2, 0.25) is 10.0 Å². The van der Waals surface area contributed by atoms with E-state index in [2.05, 4.69) is 5.10 Å². The number of rotatable bonds is 3. The van der Waals surface area contributed by atoms with Gasteiger partial charge in [-0.1, -0.05) is 18.2 Å². The molecule has 1 saturated heterocycles. The van der Waals surface area contributed by atoms with Crippen molar-refractivity contribution in [1.29, 1.82) is 0 Å². The summed E-state index contributed by atoms with van der Waals surface area (Å²) in [6.45, 7) is 5.09. The van der Waals surface area contributed by atoms with Crippen LogP contribution < -0.4 is 0 Å². The number of hydrogen-bond acceptors (Lipinski definition) is 5. The van der Waals surface area contributed by atoms with Crippen LogP contribution in [-0.4, -0.2) is 59.5 Å². The van der Waals surface area contributed by atoms with Crippen LogP contribution in [0.5, 0.6) is 0 Å². The Morgan fingerprint density at radius 3 is 2.55 bits per heavy atom. The van der Waals surface area contributed by atoms with Crippen molar-refractivity contribution in [3.8, 4) is 0 Å². The number of hydrogen-bond donors (Lipinski definition) is 0. The molecule has 0 bridgehead atoms. The van der Waals surface area contributed by atoms with Gasteiger partial charge in [0.05, 0.1) is 16.3 Å². The molecule has 0 spiro atoms. The van der Waals surface area contributed by atoms with Crippen molar-refractivity contribution < 1.29 is 13.2 Å². The van der Waals surface area contributed by atoms with E-state index >= 15 is 0 Å². The van der Waals surface area contributed by atoms with Crippen LogP contribution in [0.2, 0.25) is 0 Å². The summed E-state index contributed by atoms with van der Waals surface area (Å²) in [7, 11) is -1.90. The Labute approximate surface area is 174 Å². The average molecular weight is 433 g/mol. The molecule has 0 saturated carbocycles. The van der Waals surface area contributed by atoms with E-state index in [4.69, 9.17) is 0 Å². The minimum Gasteiger partial charge on any atom is -0.337 e. The Balaban J connectivity index is 1.54. The SMILES string of the molecule is Cc1nn(C)c(C)c1S(=O)(=O)N1CCCN(C(=O)c2cc3ccccc3s2)CC1. The molecule has 29 heavy (non-hydrogen) atoms. The maximum absolute atomic E-state index is 13.2. The zero-order valence-electron chi connectivity index (χ0n) is 16.8. The summed E-state index contributed by atoms with van der Waals surface area (Å²) < 4.78 is 30.6. The Hall–Kier alpha value is -2.23. The maximum atomic E-state index is 13.2. The topological polar surface area (TPSA) is 75.5 Å². The molecule has 1 aliphatic rings. The molecule has 154 valence electrons. The molecule has 0 radical (unpaired) electrons. The monoisotopic (exact) mass is 432 g/mol. The van der Waals surface area contributed by atoms with Crippen LogP contribution in [0, 0.1) is 13.8 Å². The number of nitrogens with zero attached hydrogens (tertiary/aromatic N) is 4. The van der Waals surface area contributed by atoms with Gasteiger partial charge in [0.15, 0.2) is 0 Å². The van der Waals surface area contributed by atoms with Gasteiger partial charge in [-0.05, 0) is 37.8 Å². The van der Waals surface area contributed by atoms with E-state index in [1.807, 2.05) is 30.3 Å². The number of aryl methyl sites for hydroxylation is 2. The van der Waals surface area contributed by atoms with Crippen molar-refractivity contribution in [2.75, 3.05) is 26.2 Å². The molecular formula is C20H24N4O3S2. The van der Waals surface area contributed by atoms with E-state index in [0.717, 1.165) is 10.1 Å². The molecule has 4 rings (SSSR count). The molecule has 3 heterocycles. The number of benzene rings is 1. The first kappa shape index (κ1) is 20.1. The lowest BCUT2D eigenvalue weighted by Gasteiger charge is -2.21. The van der Waals surface area contributed by atoms with Gasteiger partial charge in [-0.3, -0.25) is 9.48 Å². The van der Waals surface area contributed by atoms with Crippen molar-refractivity contribution in [3.05, 3.63) is 46.6 Å². The minimum atomic E-state index is -3.65. The summed E-state index contributed by atoms with van der Waals surface area (Å²) in [5.41, 5.74) is 1.14. The third-order valence-electron chi connectivity index (χ3n) is 5.42. The van der Waals surface area contributed by atoms with E-state index in [9.17, 15) is 13.2 Å². The highest BCUT2D eigenvalue weighted by atomic mass is 32.2. The molecular weight excluding hydrogens is 408 g/mol. The number of carbonyl (C=O) groups excluding carboxylic acids is 1. The fourth-order valence-electron chi connectivity index (χ4n) is 3.84. The molecule has 0 atom stereocenters. The maximum Gasteiger partial charge on any atom is 0.264 e. The lowest BCUT2D eigenvalue weighted by Crippen LogP contribution is -2.37. The summed E-state index contributed by atoms with van der Waals surface area (Å²) in [4.78, 5) is 15.8. The highest BCUT2D eigenvalue weighted by molar-refractivity contribution is 7.89. The Morgan fingerprint density at radius 2 is 1.86 bits per heavy atom. The highest BCUT2D eigenvalue weighted by Gasteiger charge is 2.32. The Kier molecular flexibility index (Phi) is 5.22. The molecule has 0 aliphatic carbocycles. The third kappa shape index (κ3) is 3.58. The Morgan fingerprint density at radius 1 is 1.10 bits per heavy atom. The number of sulfonamides is 1. The number of carbonyl (C=O) groups is 1. The molecule has 9 heteroatoms. The van der Waals surface area contributed by atoms with Gasteiger partial charge >= 0.3 is 0 Å². The summed E-state index contributed by atoms with van der Waals surface area (Å²) in [6.07, 6.45) is 0.605. The van der Waals surface area contributed by atoms with Crippen molar-refractivity contribution in [3.63, 3.8) is 0 Å². The molecule has 0 N–H and O–H groups in total. The first-order valence-electron chi connectivity index (χ1n) is 9.57. The zero-order valence-corrected chi connectivity index (χ0v) is 18.4. The predicted molar refractivity (Wildman–Crippen MR) is 114 cm³/mol. The van der Waals surface area contributed by atoms with E-state index in [0.29, 0.717) is 42.3 Å². The summed E-state index contributed by atoms with van der Waals surface area (Å²) >= 11 is 1.48. The fraction of sp³-hybridized carbons (Fsp3) is 0.400. The minimum absolute atomic E-state index is 0.0285. The number of thiophene rings is 1. The molecule has 1 amide bonds. The fourth-order valence-corrected chi connectivity index (χ4v) is 6.74. The van der Waals surface area contributed by atoms with Gasteiger partial charge in [-0.25, -0.2) is 8.42 Å². The van der Waals surface area contributed by atoms with Crippen molar-refractivity contribution >= 4 is 37.4 Å². The highest BCUT2D eigenvalue weighted by Crippen LogP contribution is 2.28. The molecule has 3 aromatic rings. The van der Waals surface area contributed by atoms with E-state index in [-0.39, 0.29) is 17.3 Å². The second-order valence-electron chi connectivity index (χ2n) is 7.32. The first-order valence-corrected chi connectivity index (χ1v) is 11.8. The lowest BCUT2D eigenvalue weighted by molar-refractivity contribution is 0.0769. The van der Waals surface area contributed by atoms with Crippen molar-refractivity contribution in [2.45, 2.75) is 25.2 Å². The molecule has 7 nitrogen and oxygen atoms in total. The smallest absolute Gasteiger partial charge is 0.264 e. The first-order chi connectivity index (χ1) is 13.8. The van der Waals surface area contributed by atoms with Crippen LogP contribution in [-0.2, 0) is 17.1 Å². The lowest BCUT2D eigenvalue weighted by atomic mass is 10.2. The number of fused-ring (bicyclic) bond motifs is 1.